The Morgan fingerprint density at radius 3 is 2.88 bits per heavy atom. The largest absolute Gasteiger partial charge is 0.461 e. The van der Waals surface area contributed by atoms with E-state index in [0.717, 1.165) is 13.0 Å². The summed E-state index contributed by atoms with van der Waals surface area (Å²) in [7, 11) is 2.25. The van der Waals surface area contributed by atoms with Crippen LogP contribution in [-0.2, 0) is 14.9 Å². The zero-order valence-corrected chi connectivity index (χ0v) is 15.7. The third kappa shape index (κ3) is 1.47. The number of benzene rings is 1. The number of esters is 1. The van der Waals surface area contributed by atoms with E-state index < -0.39 is 0 Å². The molecule has 136 valence electrons. The molecule has 5 fully saturated rings. The van der Waals surface area contributed by atoms with Gasteiger partial charge in [0.2, 0.25) is 0 Å². The standard InChI is InChI=1S/C22H26N2O2/c1-4-13-11-24-17-9-14(13)19-18(24)10-22(21(19)26-12(2)25)15-7-5-6-8-16(15)23(3)20(17)22/h4-8,14,17-21H,9-11H2,1-3H3/b13-4+/t14-,17?,18-,19-,20-,21+,22?/m0/s1. The van der Waals surface area contributed by atoms with E-state index in [1.54, 1.807) is 12.5 Å². The van der Waals surface area contributed by atoms with Crippen LogP contribution in [0, 0.1) is 11.8 Å². The van der Waals surface area contributed by atoms with Crippen LogP contribution in [0.4, 0.5) is 5.69 Å². The Bertz CT molecular complexity index is 848. The van der Waals surface area contributed by atoms with Crippen LogP contribution in [0.5, 0.6) is 0 Å². The second-order valence-corrected chi connectivity index (χ2v) is 8.94. The third-order valence-electron chi connectivity index (χ3n) is 8.26. The summed E-state index contributed by atoms with van der Waals surface area (Å²) >= 11 is 0. The van der Waals surface area contributed by atoms with Gasteiger partial charge in [0.25, 0.3) is 0 Å². The molecule has 1 aromatic carbocycles. The van der Waals surface area contributed by atoms with Gasteiger partial charge in [-0.1, -0.05) is 29.8 Å². The first-order chi connectivity index (χ1) is 12.6. The van der Waals surface area contributed by atoms with Gasteiger partial charge >= 0.3 is 5.97 Å². The van der Waals surface area contributed by atoms with Gasteiger partial charge in [-0.05, 0) is 37.3 Å². The number of ether oxygens (including phenoxy) is 1. The molecule has 4 nitrogen and oxygen atoms in total. The molecular formula is C22H26N2O2. The summed E-state index contributed by atoms with van der Waals surface area (Å²) in [4.78, 5) is 17.4. The van der Waals surface area contributed by atoms with Gasteiger partial charge < -0.3 is 9.64 Å². The summed E-state index contributed by atoms with van der Waals surface area (Å²) in [6.07, 6.45) is 4.66. The van der Waals surface area contributed by atoms with E-state index in [2.05, 4.69) is 54.1 Å². The molecule has 5 heterocycles. The van der Waals surface area contributed by atoms with Crippen LogP contribution in [-0.4, -0.2) is 48.7 Å². The average molecular weight is 350 g/mol. The van der Waals surface area contributed by atoms with Gasteiger partial charge in [-0.3, -0.25) is 9.69 Å². The zero-order valence-electron chi connectivity index (χ0n) is 15.7. The number of hydrogen-bond acceptors (Lipinski definition) is 4. The Morgan fingerprint density at radius 1 is 1.31 bits per heavy atom. The molecule has 4 heteroatoms. The van der Waals surface area contributed by atoms with Crippen molar-refractivity contribution in [3.05, 3.63) is 41.5 Å². The highest BCUT2D eigenvalue weighted by Crippen LogP contribution is 2.68. The summed E-state index contributed by atoms with van der Waals surface area (Å²) in [6, 6.07) is 10.4. The minimum atomic E-state index is -0.126. The van der Waals surface area contributed by atoms with Crippen LogP contribution >= 0.6 is 0 Å². The number of likely N-dealkylation sites (N-methyl/N-ethyl adjacent to an activating group) is 1. The summed E-state index contributed by atoms with van der Waals surface area (Å²) in [5.74, 6) is 0.897. The molecule has 5 bridgehead atoms. The van der Waals surface area contributed by atoms with Crippen LogP contribution in [0.1, 0.15) is 32.3 Å². The normalized spacial score (nSPS) is 48.0. The average Bonchev–Trinajstić information content (AvgIpc) is 3.04. The minimum Gasteiger partial charge on any atom is -0.461 e. The van der Waals surface area contributed by atoms with Crippen molar-refractivity contribution in [1.82, 2.24) is 4.90 Å². The maximum Gasteiger partial charge on any atom is 0.302 e. The molecule has 1 spiro atoms. The number of carbonyl (C=O) groups is 1. The van der Waals surface area contributed by atoms with E-state index in [-0.39, 0.29) is 17.5 Å². The lowest BCUT2D eigenvalue weighted by atomic mass is 9.65. The lowest BCUT2D eigenvalue weighted by Gasteiger charge is -2.58. The van der Waals surface area contributed by atoms with Crippen molar-refractivity contribution in [3.63, 3.8) is 0 Å². The van der Waals surface area contributed by atoms with Crippen molar-refractivity contribution in [3.8, 4) is 0 Å². The Balaban J connectivity index is 1.61. The molecule has 8 atom stereocenters. The Hall–Kier alpha value is -1.81. The molecule has 1 saturated carbocycles. The number of piperidine rings is 4. The van der Waals surface area contributed by atoms with E-state index in [0.29, 0.717) is 30.0 Å². The Labute approximate surface area is 154 Å². The fourth-order valence-electron chi connectivity index (χ4n) is 7.68. The predicted octanol–water partition coefficient (Wildman–Crippen LogP) is 2.73. The molecule has 0 amide bonds. The van der Waals surface area contributed by atoms with Crippen molar-refractivity contribution in [2.45, 2.75) is 56.3 Å². The summed E-state index contributed by atoms with van der Waals surface area (Å²) in [5, 5.41) is 0. The van der Waals surface area contributed by atoms with Crippen LogP contribution in [0.15, 0.2) is 35.9 Å². The van der Waals surface area contributed by atoms with Gasteiger partial charge in [-0.2, -0.15) is 0 Å². The second kappa shape index (κ2) is 4.72. The van der Waals surface area contributed by atoms with Crippen LogP contribution in [0.25, 0.3) is 0 Å². The van der Waals surface area contributed by atoms with Gasteiger partial charge in [-0.15, -0.1) is 0 Å². The topological polar surface area (TPSA) is 32.8 Å². The van der Waals surface area contributed by atoms with Crippen LogP contribution in [0.2, 0.25) is 0 Å². The monoisotopic (exact) mass is 350 g/mol. The lowest BCUT2D eigenvalue weighted by Crippen LogP contribution is -2.68. The van der Waals surface area contributed by atoms with E-state index in [1.807, 2.05) is 0 Å². The van der Waals surface area contributed by atoms with Gasteiger partial charge in [0.1, 0.15) is 6.10 Å². The van der Waals surface area contributed by atoms with Crippen molar-refractivity contribution in [2.24, 2.45) is 11.8 Å². The Kier molecular flexibility index (Phi) is 2.77. The van der Waals surface area contributed by atoms with E-state index in [1.165, 1.54) is 17.7 Å². The highest BCUT2D eigenvalue weighted by Gasteiger charge is 2.75. The molecule has 0 aromatic heterocycles. The fraction of sp³-hybridized carbons (Fsp3) is 0.591. The maximum atomic E-state index is 12.1. The number of para-hydroxylation sites is 1. The quantitative estimate of drug-likeness (QED) is 0.576. The Morgan fingerprint density at radius 2 is 2.12 bits per heavy atom. The highest BCUT2D eigenvalue weighted by atomic mass is 16.5. The van der Waals surface area contributed by atoms with Gasteiger partial charge in [0.15, 0.2) is 0 Å². The molecule has 5 aliphatic heterocycles. The van der Waals surface area contributed by atoms with Crippen molar-refractivity contribution >= 4 is 11.7 Å². The molecule has 3 unspecified atom stereocenters. The van der Waals surface area contributed by atoms with E-state index in [9.17, 15) is 4.79 Å². The van der Waals surface area contributed by atoms with Crippen molar-refractivity contribution in [2.75, 3.05) is 18.5 Å². The molecule has 26 heavy (non-hydrogen) atoms. The number of fused-ring (bicyclic) bond motifs is 2. The van der Waals surface area contributed by atoms with Crippen LogP contribution < -0.4 is 4.90 Å². The predicted molar refractivity (Wildman–Crippen MR) is 100 cm³/mol. The minimum absolute atomic E-state index is 0.00338. The molecule has 7 rings (SSSR count). The SMILES string of the molecule is C/C=C1\CN2C3C[C@@H]1[C@@H]1[C@@H](OC(C)=O)C4(C[C@@H]12)c1ccccc1N(C)[C@@H]34. The molecule has 0 radical (unpaired) electrons. The third-order valence-corrected chi connectivity index (χ3v) is 8.26. The molecule has 4 saturated heterocycles. The molecule has 1 aliphatic carbocycles. The number of anilines is 1. The van der Waals surface area contributed by atoms with Gasteiger partial charge in [0, 0.05) is 44.2 Å². The lowest BCUT2D eigenvalue weighted by molar-refractivity contribution is -0.152. The zero-order chi connectivity index (χ0) is 17.8. The number of carbonyl (C=O) groups excluding carboxylic acids is 1. The fourth-order valence-corrected chi connectivity index (χ4v) is 7.68. The molecule has 1 aromatic rings. The number of nitrogens with zero attached hydrogens (tertiary/aromatic N) is 2. The smallest absolute Gasteiger partial charge is 0.302 e. The first-order valence-electron chi connectivity index (χ1n) is 9.98. The number of hydrogen-bond donors (Lipinski definition) is 0. The first kappa shape index (κ1) is 15.3. The van der Waals surface area contributed by atoms with Crippen molar-refractivity contribution < 1.29 is 9.53 Å². The molecule has 0 N–H and O–H groups in total. The maximum absolute atomic E-state index is 12.1. The van der Waals surface area contributed by atoms with Gasteiger partial charge in [-0.25, -0.2) is 0 Å². The summed E-state index contributed by atoms with van der Waals surface area (Å²) in [5.41, 5.74) is 4.28. The van der Waals surface area contributed by atoms with E-state index in [4.69, 9.17) is 4.74 Å². The van der Waals surface area contributed by atoms with Crippen molar-refractivity contribution in [1.29, 1.82) is 0 Å². The van der Waals surface area contributed by atoms with Crippen LogP contribution in [0.3, 0.4) is 0 Å². The molecular weight excluding hydrogens is 324 g/mol. The highest BCUT2D eigenvalue weighted by molar-refractivity contribution is 5.70. The summed E-state index contributed by atoms with van der Waals surface area (Å²) < 4.78 is 6.19. The number of allylic oxidation sites excluding steroid dienone is 1. The van der Waals surface area contributed by atoms with E-state index >= 15 is 0 Å². The first-order valence-corrected chi connectivity index (χ1v) is 9.98. The summed E-state index contributed by atoms with van der Waals surface area (Å²) in [6.45, 7) is 4.86. The molecule has 6 aliphatic rings. The second-order valence-electron chi connectivity index (χ2n) is 8.94. The van der Waals surface area contributed by atoms with Gasteiger partial charge in [0.05, 0.1) is 11.5 Å². The number of rotatable bonds is 1.